The van der Waals surface area contributed by atoms with Gasteiger partial charge in [0, 0.05) is 36.9 Å². The first-order valence-corrected chi connectivity index (χ1v) is 12.0. The molecule has 2 aromatic carbocycles. The molecule has 36 heavy (non-hydrogen) atoms. The molecule has 2 aromatic rings. The third kappa shape index (κ3) is 4.90. The van der Waals surface area contributed by atoms with Gasteiger partial charge in [0.15, 0.2) is 11.5 Å². The van der Waals surface area contributed by atoms with Crippen molar-refractivity contribution in [1.29, 1.82) is 0 Å². The quantitative estimate of drug-likeness (QED) is 0.575. The van der Waals surface area contributed by atoms with Gasteiger partial charge in [0.25, 0.3) is 5.91 Å². The number of halogens is 1. The highest BCUT2D eigenvalue weighted by Crippen LogP contribution is 2.38. The predicted molar refractivity (Wildman–Crippen MR) is 133 cm³/mol. The van der Waals surface area contributed by atoms with Crippen LogP contribution in [0, 0.1) is 5.82 Å². The van der Waals surface area contributed by atoms with Gasteiger partial charge in [-0.15, -0.1) is 0 Å². The smallest absolute Gasteiger partial charge is 0.251 e. The molecule has 0 bridgehead atoms. The molecule has 10 heteroatoms. The maximum Gasteiger partial charge on any atom is 0.251 e. The summed E-state index contributed by atoms with van der Waals surface area (Å²) in [4.78, 5) is 30.0. The van der Waals surface area contributed by atoms with Crippen LogP contribution in [0.1, 0.15) is 30.1 Å². The van der Waals surface area contributed by atoms with Crippen molar-refractivity contribution < 1.29 is 28.2 Å². The molecule has 0 aromatic heterocycles. The number of carbonyl (C=O) groups is 2. The number of carbonyl (C=O) groups excluding carboxylic acids is 2. The Morgan fingerprint density at radius 2 is 1.78 bits per heavy atom. The lowest BCUT2D eigenvalue weighted by Gasteiger charge is -2.43. The van der Waals surface area contributed by atoms with Crippen LogP contribution in [0.5, 0.6) is 17.2 Å². The van der Waals surface area contributed by atoms with E-state index < -0.39 is 5.54 Å². The number of ether oxygens (including phenoxy) is 3. The van der Waals surface area contributed by atoms with Crippen molar-refractivity contribution in [1.82, 2.24) is 15.5 Å². The molecule has 194 valence electrons. The molecule has 9 nitrogen and oxygen atoms in total. The number of hydrogen-bond donors (Lipinski definition) is 2. The van der Waals surface area contributed by atoms with Crippen LogP contribution in [0.2, 0.25) is 0 Å². The number of nitrogens with zero attached hydrogens (tertiary/aromatic N) is 2. The van der Waals surface area contributed by atoms with E-state index in [0.717, 1.165) is 0 Å². The van der Waals surface area contributed by atoms with Crippen molar-refractivity contribution in [2.45, 2.75) is 31.3 Å². The fourth-order valence-electron chi connectivity index (χ4n) is 5.13. The molecule has 2 fully saturated rings. The molecular formula is C26H33FN4O5. The van der Waals surface area contributed by atoms with Gasteiger partial charge >= 0.3 is 0 Å². The van der Waals surface area contributed by atoms with Gasteiger partial charge < -0.3 is 34.6 Å². The minimum atomic E-state index is -0.688. The van der Waals surface area contributed by atoms with Crippen LogP contribution in [0.3, 0.4) is 0 Å². The molecular weight excluding hydrogens is 467 g/mol. The maximum absolute atomic E-state index is 13.8. The van der Waals surface area contributed by atoms with Crippen LogP contribution in [-0.2, 0) is 4.79 Å². The van der Waals surface area contributed by atoms with E-state index in [4.69, 9.17) is 14.2 Å². The summed E-state index contributed by atoms with van der Waals surface area (Å²) in [5, 5.41) is 5.96. The summed E-state index contributed by atoms with van der Waals surface area (Å²) < 4.78 is 29.9. The molecule has 4 rings (SSSR count). The van der Waals surface area contributed by atoms with Gasteiger partial charge in [-0.1, -0.05) is 6.07 Å². The fourth-order valence-corrected chi connectivity index (χ4v) is 5.13. The lowest BCUT2D eigenvalue weighted by molar-refractivity contribution is -0.125. The minimum absolute atomic E-state index is 0.0184. The van der Waals surface area contributed by atoms with Crippen molar-refractivity contribution >= 4 is 17.5 Å². The van der Waals surface area contributed by atoms with Crippen molar-refractivity contribution in [3.63, 3.8) is 0 Å². The maximum atomic E-state index is 13.8. The van der Waals surface area contributed by atoms with Crippen LogP contribution in [0.25, 0.3) is 0 Å². The highest BCUT2D eigenvalue weighted by molar-refractivity contribution is 5.96. The molecule has 2 aliphatic heterocycles. The Bertz CT molecular complexity index is 1090. The van der Waals surface area contributed by atoms with E-state index in [-0.39, 0.29) is 23.7 Å². The van der Waals surface area contributed by atoms with Crippen molar-refractivity contribution in [3.05, 3.63) is 47.8 Å². The second kappa shape index (κ2) is 10.6. The van der Waals surface area contributed by atoms with Gasteiger partial charge in [-0.25, -0.2) is 4.39 Å². The Morgan fingerprint density at radius 3 is 2.36 bits per heavy atom. The topological polar surface area (TPSA) is 92.4 Å². The van der Waals surface area contributed by atoms with Crippen LogP contribution < -0.4 is 29.7 Å². The summed E-state index contributed by atoms with van der Waals surface area (Å²) in [5.41, 5.74) is 0.419. The number of benzene rings is 2. The summed E-state index contributed by atoms with van der Waals surface area (Å²) in [7, 11) is 4.52. The van der Waals surface area contributed by atoms with E-state index in [1.165, 1.54) is 33.5 Å². The molecule has 1 spiro atoms. The second-order valence-corrected chi connectivity index (χ2v) is 9.19. The Balaban J connectivity index is 1.38. The SMILES string of the molecule is COc1cc(C(=O)N[C@H](C)CN2CCC3(CC2)C(=O)NCN3c2cccc(F)c2)cc(OC)c1OC. The summed E-state index contributed by atoms with van der Waals surface area (Å²) >= 11 is 0. The average Bonchev–Trinajstić information content (AvgIpc) is 3.19. The normalized spacial score (nSPS) is 18.0. The monoisotopic (exact) mass is 500 g/mol. The lowest BCUT2D eigenvalue weighted by atomic mass is 9.85. The fraction of sp³-hybridized carbons (Fsp3) is 0.462. The number of methoxy groups -OCH3 is 3. The van der Waals surface area contributed by atoms with Gasteiger partial charge in [-0.3, -0.25) is 9.59 Å². The Hall–Kier alpha value is -3.53. The molecule has 2 saturated heterocycles. The van der Waals surface area contributed by atoms with Gasteiger partial charge in [-0.05, 0) is 50.1 Å². The second-order valence-electron chi connectivity index (χ2n) is 9.19. The van der Waals surface area contributed by atoms with Crippen LogP contribution >= 0.6 is 0 Å². The van der Waals surface area contributed by atoms with Crippen molar-refractivity contribution in [3.8, 4) is 17.2 Å². The van der Waals surface area contributed by atoms with Gasteiger partial charge in [-0.2, -0.15) is 0 Å². The Kier molecular flexibility index (Phi) is 7.53. The van der Waals surface area contributed by atoms with Gasteiger partial charge in [0.05, 0.1) is 28.0 Å². The first-order chi connectivity index (χ1) is 17.3. The zero-order valence-corrected chi connectivity index (χ0v) is 21.1. The number of hydrogen-bond acceptors (Lipinski definition) is 7. The number of anilines is 1. The number of amides is 2. The van der Waals surface area contributed by atoms with E-state index in [9.17, 15) is 14.0 Å². The predicted octanol–water partition coefficient (Wildman–Crippen LogP) is 2.40. The van der Waals surface area contributed by atoms with E-state index in [2.05, 4.69) is 15.5 Å². The van der Waals surface area contributed by atoms with E-state index >= 15 is 0 Å². The van der Waals surface area contributed by atoms with E-state index in [1.807, 2.05) is 17.9 Å². The van der Waals surface area contributed by atoms with Crippen molar-refractivity contribution in [2.75, 3.05) is 52.5 Å². The average molecular weight is 501 g/mol. The van der Waals surface area contributed by atoms with Crippen LogP contribution in [-0.4, -0.2) is 75.9 Å². The van der Waals surface area contributed by atoms with E-state index in [1.54, 1.807) is 18.2 Å². The van der Waals surface area contributed by atoms with Crippen molar-refractivity contribution in [2.24, 2.45) is 0 Å². The lowest BCUT2D eigenvalue weighted by Crippen LogP contribution is -2.57. The minimum Gasteiger partial charge on any atom is -0.493 e. The third-order valence-corrected chi connectivity index (χ3v) is 6.98. The highest BCUT2D eigenvalue weighted by atomic mass is 19.1. The number of likely N-dealkylation sites (tertiary alicyclic amines) is 1. The summed E-state index contributed by atoms with van der Waals surface area (Å²) in [6.07, 6.45) is 1.23. The molecule has 0 unspecified atom stereocenters. The zero-order chi connectivity index (χ0) is 25.9. The van der Waals surface area contributed by atoms with Gasteiger partial charge in [0.1, 0.15) is 11.4 Å². The molecule has 2 amide bonds. The summed E-state index contributed by atoms with van der Waals surface area (Å²) in [6.45, 7) is 4.31. The number of piperidine rings is 1. The Labute approximate surface area is 210 Å². The largest absolute Gasteiger partial charge is 0.493 e. The third-order valence-electron chi connectivity index (χ3n) is 6.98. The highest BCUT2D eigenvalue weighted by Gasteiger charge is 2.50. The molecule has 2 heterocycles. The number of nitrogens with one attached hydrogen (secondary N) is 2. The van der Waals surface area contributed by atoms with Crippen LogP contribution in [0.15, 0.2) is 36.4 Å². The molecule has 2 aliphatic rings. The Morgan fingerprint density at radius 1 is 1.11 bits per heavy atom. The zero-order valence-electron chi connectivity index (χ0n) is 21.1. The van der Waals surface area contributed by atoms with Gasteiger partial charge in [0.2, 0.25) is 11.7 Å². The summed E-state index contributed by atoms with van der Waals surface area (Å²) in [5.74, 6) is 0.659. The standard InChI is InChI=1S/C26H33FN4O5/c1-17(29-24(32)18-12-21(34-2)23(36-4)22(13-18)35-3)15-30-10-8-26(9-11-30)25(33)28-16-31(26)20-7-5-6-19(27)14-20/h5-7,12-14,17H,8-11,15-16H2,1-4H3,(H,28,33)(H,29,32)/t17-/m1/s1. The molecule has 2 N–H and O–H groups in total. The first-order valence-electron chi connectivity index (χ1n) is 12.0. The van der Waals surface area contributed by atoms with Crippen LogP contribution in [0.4, 0.5) is 10.1 Å². The summed E-state index contributed by atoms with van der Waals surface area (Å²) in [6, 6.07) is 9.46. The first kappa shape index (κ1) is 25.6. The molecule has 0 aliphatic carbocycles. The molecule has 0 radical (unpaired) electrons. The molecule has 1 atom stereocenters. The van der Waals surface area contributed by atoms with E-state index in [0.29, 0.717) is 67.6 Å². The molecule has 0 saturated carbocycles. The number of rotatable bonds is 8.